The standard InChI is InChI=1S/C20H19ClN4O/c1-14-4-2-3-5-18(14)25-19(26)16-12-23-20(24-13-16)22-11-10-15-6-8-17(21)9-7-15/h2-9,12-13H,10-11H2,1H3,(H,25,26)(H,22,23,24). The monoisotopic (exact) mass is 366 g/mol. The molecule has 0 aliphatic carbocycles. The molecule has 5 nitrogen and oxygen atoms in total. The fraction of sp³-hybridized carbons (Fsp3) is 0.150. The lowest BCUT2D eigenvalue weighted by Gasteiger charge is -2.08. The molecule has 0 aliphatic heterocycles. The summed E-state index contributed by atoms with van der Waals surface area (Å²) in [5.41, 5.74) is 3.37. The minimum atomic E-state index is -0.230. The quantitative estimate of drug-likeness (QED) is 0.680. The fourth-order valence-electron chi connectivity index (χ4n) is 2.41. The molecular weight excluding hydrogens is 348 g/mol. The van der Waals surface area contributed by atoms with Crippen molar-refractivity contribution in [2.75, 3.05) is 17.2 Å². The number of carbonyl (C=O) groups is 1. The highest BCUT2D eigenvalue weighted by molar-refractivity contribution is 6.30. The average molecular weight is 367 g/mol. The van der Waals surface area contributed by atoms with Gasteiger partial charge in [0.05, 0.1) is 5.56 Å². The maximum Gasteiger partial charge on any atom is 0.258 e. The molecule has 0 spiro atoms. The van der Waals surface area contributed by atoms with Crippen LogP contribution in [-0.4, -0.2) is 22.4 Å². The Labute approximate surface area is 157 Å². The lowest BCUT2D eigenvalue weighted by molar-refractivity contribution is 0.102. The predicted octanol–water partition coefficient (Wildman–Crippen LogP) is 4.35. The summed E-state index contributed by atoms with van der Waals surface area (Å²) in [7, 11) is 0. The number of amides is 1. The number of para-hydroxylation sites is 1. The van der Waals surface area contributed by atoms with Crippen LogP contribution in [-0.2, 0) is 6.42 Å². The van der Waals surface area contributed by atoms with E-state index in [4.69, 9.17) is 11.6 Å². The van der Waals surface area contributed by atoms with Gasteiger partial charge >= 0.3 is 0 Å². The van der Waals surface area contributed by atoms with Crippen LogP contribution in [0.4, 0.5) is 11.6 Å². The van der Waals surface area contributed by atoms with Crippen LogP contribution in [0.15, 0.2) is 60.9 Å². The Morgan fingerprint density at radius 3 is 2.42 bits per heavy atom. The smallest absolute Gasteiger partial charge is 0.258 e. The average Bonchev–Trinajstić information content (AvgIpc) is 2.66. The number of benzene rings is 2. The molecule has 0 atom stereocenters. The van der Waals surface area contributed by atoms with Gasteiger partial charge in [-0.15, -0.1) is 0 Å². The molecule has 0 saturated carbocycles. The van der Waals surface area contributed by atoms with E-state index in [0.29, 0.717) is 18.1 Å². The topological polar surface area (TPSA) is 66.9 Å². The number of carbonyl (C=O) groups excluding carboxylic acids is 1. The van der Waals surface area contributed by atoms with E-state index < -0.39 is 0 Å². The van der Waals surface area contributed by atoms with E-state index in [1.807, 2.05) is 55.5 Å². The summed E-state index contributed by atoms with van der Waals surface area (Å²) in [4.78, 5) is 20.7. The molecule has 0 radical (unpaired) electrons. The number of hydrogen-bond acceptors (Lipinski definition) is 4. The third-order valence-corrected chi connectivity index (χ3v) is 4.17. The minimum absolute atomic E-state index is 0.230. The van der Waals surface area contributed by atoms with E-state index in [1.54, 1.807) is 0 Å². The van der Waals surface area contributed by atoms with E-state index in [9.17, 15) is 4.79 Å². The summed E-state index contributed by atoms with van der Waals surface area (Å²) in [5.74, 6) is 0.262. The number of rotatable bonds is 6. The molecule has 0 unspecified atom stereocenters. The van der Waals surface area contributed by atoms with Gasteiger partial charge in [0, 0.05) is 29.6 Å². The van der Waals surface area contributed by atoms with Crippen molar-refractivity contribution in [3.8, 4) is 0 Å². The van der Waals surface area contributed by atoms with Crippen molar-refractivity contribution in [1.82, 2.24) is 9.97 Å². The first-order valence-electron chi connectivity index (χ1n) is 8.29. The minimum Gasteiger partial charge on any atom is -0.354 e. The van der Waals surface area contributed by atoms with Gasteiger partial charge in [0.15, 0.2) is 0 Å². The summed E-state index contributed by atoms with van der Waals surface area (Å²) in [5, 5.41) is 6.74. The van der Waals surface area contributed by atoms with Gasteiger partial charge in [0.1, 0.15) is 0 Å². The van der Waals surface area contributed by atoms with Crippen molar-refractivity contribution < 1.29 is 4.79 Å². The van der Waals surface area contributed by atoms with Gasteiger partial charge in [-0.25, -0.2) is 9.97 Å². The number of hydrogen-bond donors (Lipinski definition) is 2. The maximum absolute atomic E-state index is 12.3. The summed E-state index contributed by atoms with van der Waals surface area (Å²) in [6.45, 7) is 2.64. The van der Waals surface area contributed by atoms with E-state index in [2.05, 4.69) is 20.6 Å². The van der Waals surface area contributed by atoms with Crippen molar-refractivity contribution in [3.63, 3.8) is 0 Å². The normalized spacial score (nSPS) is 10.4. The van der Waals surface area contributed by atoms with Crippen LogP contribution in [0.2, 0.25) is 5.02 Å². The van der Waals surface area contributed by atoms with Crippen molar-refractivity contribution in [1.29, 1.82) is 0 Å². The van der Waals surface area contributed by atoms with Crippen molar-refractivity contribution in [3.05, 3.63) is 82.6 Å². The Kier molecular flexibility index (Phi) is 5.81. The number of nitrogens with one attached hydrogen (secondary N) is 2. The third kappa shape index (κ3) is 4.80. The third-order valence-electron chi connectivity index (χ3n) is 3.92. The number of aromatic nitrogens is 2. The Balaban J connectivity index is 1.53. The van der Waals surface area contributed by atoms with Crippen LogP contribution in [0.25, 0.3) is 0 Å². The summed E-state index contributed by atoms with van der Waals surface area (Å²) in [6.07, 6.45) is 3.87. The Bertz CT molecular complexity index is 879. The molecule has 1 heterocycles. The Morgan fingerprint density at radius 2 is 1.73 bits per heavy atom. The van der Waals surface area contributed by atoms with E-state index >= 15 is 0 Å². The Morgan fingerprint density at radius 1 is 1.04 bits per heavy atom. The van der Waals surface area contributed by atoms with Crippen LogP contribution in [0, 0.1) is 6.92 Å². The predicted molar refractivity (Wildman–Crippen MR) is 105 cm³/mol. The second-order valence-corrected chi connectivity index (χ2v) is 6.30. The molecule has 132 valence electrons. The van der Waals surface area contributed by atoms with Crippen LogP contribution < -0.4 is 10.6 Å². The van der Waals surface area contributed by atoms with Crippen molar-refractivity contribution in [2.45, 2.75) is 13.3 Å². The molecular formula is C20H19ClN4O. The lowest BCUT2D eigenvalue weighted by atomic mass is 10.1. The first-order chi connectivity index (χ1) is 12.6. The van der Waals surface area contributed by atoms with Gasteiger partial charge in [-0.3, -0.25) is 4.79 Å². The van der Waals surface area contributed by atoms with Gasteiger partial charge in [0.25, 0.3) is 5.91 Å². The van der Waals surface area contributed by atoms with Gasteiger partial charge in [-0.1, -0.05) is 41.9 Å². The molecule has 1 amide bonds. The molecule has 0 saturated heterocycles. The highest BCUT2D eigenvalue weighted by atomic mass is 35.5. The van der Waals surface area contributed by atoms with Crippen molar-refractivity contribution in [2.24, 2.45) is 0 Å². The zero-order chi connectivity index (χ0) is 18.4. The lowest BCUT2D eigenvalue weighted by Crippen LogP contribution is -2.14. The molecule has 0 bridgehead atoms. The van der Waals surface area contributed by atoms with Gasteiger partial charge in [-0.05, 0) is 42.7 Å². The number of nitrogens with zero attached hydrogens (tertiary/aromatic N) is 2. The zero-order valence-corrected chi connectivity index (χ0v) is 15.1. The molecule has 1 aromatic heterocycles. The van der Waals surface area contributed by atoms with Gasteiger partial charge in [0.2, 0.25) is 5.95 Å². The molecule has 26 heavy (non-hydrogen) atoms. The summed E-state index contributed by atoms with van der Waals surface area (Å²) >= 11 is 5.87. The largest absolute Gasteiger partial charge is 0.354 e. The van der Waals surface area contributed by atoms with E-state index in [0.717, 1.165) is 22.7 Å². The molecule has 0 aliphatic rings. The zero-order valence-electron chi connectivity index (χ0n) is 14.4. The summed E-state index contributed by atoms with van der Waals surface area (Å²) < 4.78 is 0. The second-order valence-electron chi connectivity index (χ2n) is 5.87. The Hall–Kier alpha value is -2.92. The first-order valence-corrected chi connectivity index (χ1v) is 8.67. The van der Waals surface area contributed by atoms with Gasteiger partial charge in [-0.2, -0.15) is 0 Å². The van der Waals surface area contributed by atoms with E-state index in [1.165, 1.54) is 18.0 Å². The molecule has 3 rings (SSSR count). The molecule has 0 fully saturated rings. The molecule has 6 heteroatoms. The molecule has 3 aromatic rings. The van der Waals surface area contributed by atoms with Gasteiger partial charge < -0.3 is 10.6 Å². The maximum atomic E-state index is 12.3. The van der Waals surface area contributed by atoms with Crippen LogP contribution >= 0.6 is 11.6 Å². The molecule has 2 aromatic carbocycles. The van der Waals surface area contributed by atoms with E-state index in [-0.39, 0.29) is 5.91 Å². The highest BCUT2D eigenvalue weighted by Crippen LogP contribution is 2.14. The van der Waals surface area contributed by atoms with Crippen LogP contribution in [0.1, 0.15) is 21.5 Å². The second kappa shape index (κ2) is 8.45. The van der Waals surface area contributed by atoms with Crippen molar-refractivity contribution >= 4 is 29.1 Å². The number of anilines is 2. The molecule has 2 N–H and O–H groups in total. The van der Waals surface area contributed by atoms with Crippen LogP contribution in [0.3, 0.4) is 0 Å². The fourth-order valence-corrected chi connectivity index (χ4v) is 2.54. The number of halogens is 1. The SMILES string of the molecule is Cc1ccccc1NC(=O)c1cnc(NCCc2ccc(Cl)cc2)nc1. The highest BCUT2D eigenvalue weighted by Gasteiger charge is 2.08. The first kappa shape index (κ1) is 17.9. The van der Waals surface area contributed by atoms with Crippen LogP contribution in [0.5, 0.6) is 0 Å². The summed E-state index contributed by atoms with van der Waals surface area (Å²) in [6, 6.07) is 15.3. The number of aryl methyl sites for hydroxylation is 1.